The van der Waals surface area contributed by atoms with E-state index in [-0.39, 0.29) is 5.91 Å². The highest BCUT2D eigenvalue weighted by molar-refractivity contribution is 7.07. The molecule has 1 aromatic heterocycles. The van der Waals surface area contributed by atoms with Crippen LogP contribution < -0.4 is 10.1 Å². The summed E-state index contributed by atoms with van der Waals surface area (Å²) >= 11 is 1.21. The summed E-state index contributed by atoms with van der Waals surface area (Å²) < 4.78 is 9.51. The molecule has 1 N–H and O–H groups in total. The van der Waals surface area contributed by atoms with Gasteiger partial charge in [-0.15, -0.1) is 0 Å². The number of nitrogens with zero attached hydrogens (tertiary/aromatic N) is 2. The molecule has 1 heterocycles. The lowest BCUT2D eigenvalue weighted by molar-refractivity contribution is -0.114. The highest BCUT2D eigenvalue weighted by Gasteiger charge is 2.03. The number of aromatic nitrogens is 2. The molecule has 0 aliphatic heterocycles. The minimum atomic E-state index is -0.0987. The van der Waals surface area contributed by atoms with Crippen LogP contribution in [0.15, 0.2) is 24.3 Å². The van der Waals surface area contributed by atoms with Crippen molar-refractivity contribution in [2.45, 2.75) is 13.8 Å². The van der Waals surface area contributed by atoms with Crippen LogP contribution in [0.5, 0.6) is 10.9 Å². The molecule has 1 amide bonds. The van der Waals surface area contributed by atoms with Gasteiger partial charge in [0.2, 0.25) is 5.91 Å². The number of carbonyl (C=O) groups is 1. The fraction of sp³-hybridized carbons (Fsp3) is 0.182. The molecule has 0 unspecified atom stereocenters. The summed E-state index contributed by atoms with van der Waals surface area (Å²) in [6.45, 7) is 3.28. The van der Waals surface area contributed by atoms with E-state index in [1.165, 1.54) is 18.5 Å². The summed E-state index contributed by atoms with van der Waals surface area (Å²) in [5.41, 5.74) is 0.735. The summed E-state index contributed by atoms with van der Waals surface area (Å²) in [5.74, 6) is 1.26. The van der Waals surface area contributed by atoms with Gasteiger partial charge < -0.3 is 10.1 Å². The number of nitrogens with one attached hydrogen (secondary N) is 1. The first-order chi connectivity index (χ1) is 8.13. The molecule has 0 atom stereocenters. The lowest BCUT2D eigenvalue weighted by Gasteiger charge is -2.03. The Bertz CT molecular complexity index is 522. The van der Waals surface area contributed by atoms with Crippen molar-refractivity contribution < 1.29 is 9.53 Å². The molecular weight excluding hydrogens is 238 g/mol. The van der Waals surface area contributed by atoms with Crippen LogP contribution in [-0.4, -0.2) is 15.3 Å². The number of hydrogen-bond acceptors (Lipinski definition) is 5. The molecule has 0 bridgehead atoms. The second kappa shape index (κ2) is 4.92. The molecule has 0 fully saturated rings. The smallest absolute Gasteiger partial charge is 0.298 e. The van der Waals surface area contributed by atoms with E-state index >= 15 is 0 Å². The van der Waals surface area contributed by atoms with Gasteiger partial charge in [-0.3, -0.25) is 4.79 Å². The third-order valence-corrected chi connectivity index (χ3v) is 2.58. The van der Waals surface area contributed by atoms with Crippen LogP contribution in [0.1, 0.15) is 12.7 Å². The van der Waals surface area contributed by atoms with E-state index in [4.69, 9.17) is 4.74 Å². The summed E-state index contributed by atoms with van der Waals surface area (Å²) in [5, 5.41) is 3.19. The van der Waals surface area contributed by atoms with Gasteiger partial charge in [-0.1, -0.05) is 0 Å². The zero-order valence-corrected chi connectivity index (χ0v) is 10.2. The number of amides is 1. The van der Waals surface area contributed by atoms with E-state index in [9.17, 15) is 4.79 Å². The Labute approximate surface area is 103 Å². The second-order valence-electron chi connectivity index (χ2n) is 3.42. The number of aryl methyl sites for hydroxylation is 1. The van der Waals surface area contributed by atoms with Crippen molar-refractivity contribution in [2.24, 2.45) is 0 Å². The monoisotopic (exact) mass is 249 g/mol. The van der Waals surface area contributed by atoms with Crippen LogP contribution in [0.25, 0.3) is 0 Å². The Balaban J connectivity index is 2.05. The van der Waals surface area contributed by atoms with E-state index in [1.807, 2.05) is 6.92 Å². The van der Waals surface area contributed by atoms with Gasteiger partial charge in [0.1, 0.15) is 11.6 Å². The quantitative estimate of drug-likeness (QED) is 0.908. The van der Waals surface area contributed by atoms with Gasteiger partial charge >= 0.3 is 0 Å². The SMILES string of the molecule is CC(=O)Nc1ccc(Oc2nc(C)ns2)cc1. The fourth-order valence-electron chi connectivity index (χ4n) is 1.23. The maximum Gasteiger partial charge on any atom is 0.298 e. The number of rotatable bonds is 3. The number of anilines is 1. The van der Waals surface area contributed by atoms with E-state index in [2.05, 4.69) is 14.7 Å². The lowest BCUT2D eigenvalue weighted by Crippen LogP contribution is -2.05. The molecule has 1 aromatic carbocycles. The maximum absolute atomic E-state index is 10.8. The fourth-order valence-corrected chi connectivity index (χ4v) is 1.79. The van der Waals surface area contributed by atoms with E-state index in [1.54, 1.807) is 24.3 Å². The molecular formula is C11H11N3O2S. The van der Waals surface area contributed by atoms with Gasteiger partial charge in [0.05, 0.1) is 0 Å². The Hall–Kier alpha value is -1.95. The molecule has 88 valence electrons. The molecule has 0 saturated carbocycles. The Morgan fingerprint density at radius 1 is 1.35 bits per heavy atom. The predicted octanol–water partition coefficient (Wildman–Crippen LogP) is 2.60. The largest absolute Gasteiger partial charge is 0.430 e. The molecule has 5 nitrogen and oxygen atoms in total. The van der Waals surface area contributed by atoms with Crippen molar-refractivity contribution in [1.82, 2.24) is 9.36 Å². The van der Waals surface area contributed by atoms with E-state index < -0.39 is 0 Å². The standard InChI is InChI=1S/C11H11N3O2S/c1-7-12-11(17-14-7)16-10-5-3-9(4-6-10)13-8(2)15/h3-6H,1-2H3,(H,13,15). The summed E-state index contributed by atoms with van der Waals surface area (Å²) in [4.78, 5) is 14.9. The van der Waals surface area contributed by atoms with Crippen molar-refractivity contribution in [2.75, 3.05) is 5.32 Å². The van der Waals surface area contributed by atoms with Gasteiger partial charge in [-0.25, -0.2) is 0 Å². The van der Waals surface area contributed by atoms with Crippen molar-refractivity contribution in [3.05, 3.63) is 30.1 Å². The number of ether oxygens (including phenoxy) is 1. The molecule has 0 radical (unpaired) electrons. The van der Waals surface area contributed by atoms with Gasteiger partial charge in [0.15, 0.2) is 0 Å². The Kier molecular flexibility index (Phi) is 3.34. The van der Waals surface area contributed by atoms with Crippen molar-refractivity contribution in [1.29, 1.82) is 0 Å². The van der Waals surface area contributed by atoms with E-state index in [0.717, 1.165) is 5.69 Å². The van der Waals surface area contributed by atoms with Crippen LogP contribution >= 0.6 is 11.5 Å². The Morgan fingerprint density at radius 2 is 2.06 bits per heavy atom. The number of carbonyl (C=O) groups excluding carboxylic acids is 1. The summed E-state index contributed by atoms with van der Waals surface area (Å²) in [6.07, 6.45) is 0. The highest BCUT2D eigenvalue weighted by Crippen LogP contribution is 2.24. The van der Waals surface area contributed by atoms with Crippen LogP contribution in [0.3, 0.4) is 0 Å². The molecule has 0 saturated heterocycles. The highest BCUT2D eigenvalue weighted by atomic mass is 32.1. The Morgan fingerprint density at radius 3 is 2.59 bits per heavy atom. The second-order valence-corrected chi connectivity index (χ2v) is 4.13. The maximum atomic E-state index is 10.8. The van der Waals surface area contributed by atoms with E-state index in [0.29, 0.717) is 16.8 Å². The first kappa shape index (κ1) is 11.5. The number of hydrogen-bond donors (Lipinski definition) is 1. The number of benzene rings is 1. The normalized spacial score (nSPS) is 10.0. The zero-order valence-electron chi connectivity index (χ0n) is 9.43. The molecule has 2 aromatic rings. The average Bonchev–Trinajstić information content (AvgIpc) is 2.66. The zero-order chi connectivity index (χ0) is 12.3. The molecule has 0 spiro atoms. The van der Waals surface area contributed by atoms with Crippen LogP contribution in [-0.2, 0) is 4.79 Å². The molecule has 0 aliphatic carbocycles. The first-order valence-electron chi connectivity index (χ1n) is 4.99. The van der Waals surface area contributed by atoms with Gasteiger partial charge in [0.25, 0.3) is 5.19 Å². The molecule has 2 rings (SSSR count). The minimum absolute atomic E-state index is 0.0987. The van der Waals surface area contributed by atoms with Crippen LogP contribution in [0.4, 0.5) is 5.69 Å². The van der Waals surface area contributed by atoms with Crippen molar-refractivity contribution in [3.63, 3.8) is 0 Å². The van der Waals surface area contributed by atoms with Gasteiger partial charge in [-0.05, 0) is 31.2 Å². The molecule has 6 heteroatoms. The van der Waals surface area contributed by atoms with Crippen molar-refractivity contribution >= 4 is 23.1 Å². The van der Waals surface area contributed by atoms with Gasteiger partial charge in [0, 0.05) is 24.1 Å². The first-order valence-corrected chi connectivity index (χ1v) is 5.76. The molecule has 17 heavy (non-hydrogen) atoms. The van der Waals surface area contributed by atoms with Crippen LogP contribution in [0, 0.1) is 6.92 Å². The average molecular weight is 249 g/mol. The predicted molar refractivity (Wildman–Crippen MR) is 65.5 cm³/mol. The third kappa shape index (κ3) is 3.25. The van der Waals surface area contributed by atoms with Crippen molar-refractivity contribution in [3.8, 4) is 10.9 Å². The summed E-state index contributed by atoms with van der Waals surface area (Å²) in [6, 6.07) is 7.07. The lowest BCUT2D eigenvalue weighted by atomic mass is 10.3. The molecule has 0 aliphatic rings. The third-order valence-electron chi connectivity index (χ3n) is 1.89. The summed E-state index contributed by atoms with van der Waals surface area (Å²) in [7, 11) is 0. The van der Waals surface area contributed by atoms with Gasteiger partial charge in [-0.2, -0.15) is 9.36 Å². The van der Waals surface area contributed by atoms with Crippen LogP contribution in [0.2, 0.25) is 0 Å². The minimum Gasteiger partial charge on any atom is -0.430 e. The topological polar surface area (TPSA) is 64.1 Å².